The van der Waals surface area contributed by atoms with Crippen LogP contribution in [0.25, 0.3) is 0 Å². The Bertz CT molecular complexity index is 1750. The Hall–Kier alpha value is -1.94. The zero-order valence-electron chi connectivity index (χ0n) is 59.0. The maximum absolute atomic E-state index is 13.0. The number of hydrogen-bond donors (Lipinski definition) is 3. The summed E-state index contributed by atoms with van der Waals surface area (Å²) in [4.78, 5) is 72.5. The number of carbonyl (C=O) groups excluding carboxylic acids is 4. The smallest absolute Gasteiger partial charge is 0.462 e. The fourth-order valence-electron chi connectivity index (χ4n) is 11.0. The molecule has 0 bridgehead atoms. The lowest BCUT2D eigenvalue weighted by atomic mass is 10.0. The summed E-state index contributed by atoms with van der Waals surface area (Å²) in [5.74, 6) is -1.45. The third-order valence-corrected chi connectivity index (χ3v) is 18.7. The number of carbonyl (C=O) groups is 4. The molecular formula is C72H140O17P2. The van der Waals surface area contributed by atoms with Gasteiger partial charge in [0.05, 0.1) is 26.4 Å². The molecule has 5 atom stereocenters. The van der Waals surface area contributed by atoms with Crippen molar-refractivity contribution in [3.05, 3.63) is 0 Å². The number of ether oxygens (including phenoxy) is 4. The van der Waals surface area contributed by atoms with E-state index in [1.165, 1.54) is 199 Å². The molecule has 0 aromatic carbocycles. The second-order valence-corrected chi connectivity index (χ2v) is 29.4. The number of phosphoric acid groups is 2. The molecule has 2 unspecified atom stereocenters. The number of esters is 4. The molecule has 0 heterocycles. The van der Waals surface area contributed by atoms with Crippen LogP contribution >= 0.6 is 15.6 Å². The summed E-state index contributed by atoms with van der Waals surface area (Å²) in [6, 6.07) is 0. The van der Waals surface area contributed by atoms with E-state index in [2.05, 4.69) is 34.6 Å². The number of rotatable bonds is 72. The molecule has 0 saturated carbocycles. The Morgan fingerprint density at radius 2 is 0.505 bits per heavy atom. The Labute approximate surface area is 556 Å². The summed E-state index contributed by atoms with van der Waals surface area (Å²) in [6.45, 7) is 7.16. The highest BCUT2D eigenvalue weighted by Crippen LogP contribution is 2.45. The SMILES string of the molecule is CCCCCCCCCCCCCCCCCCCCC(=O)O[C@H](COC(=O)CCCCCCCCCCCCCCCCC)COP(=O)(O)OC[C@@H](O)COP(=O)(O)OC[C@@H](COC(=O)CCCCCCCCCCC)OC(=O)CCCCCCCCC(C)C. The van der Waals surface area contributed by atoms with Gasteiger partial charge in [0, 0.05) is 25.7 Å². The minimum absolute atomic E-state index is 0.102. The highest BCUT2D eigenvalue weighted by Gasteiger charge is 2.30. The van der Waals surface area contributed by atoms with Crippen molar-refractivity contribution >= 4 is 39.5 Å². The van der Waals surface area contributed by atoms with Gasteiger partial charge in [-0.3, -0.25) is 37.3 Å². The number of aliphatic hydroxyl groups excluding tert-OH is 1. The summed E-state index contributed by atoms with van der Waals surface area (Å²) in [5, 5.41) is 10.6. The van der Waals surface area contributed by atoms with Crippen molar-refractivity contribution in [1.29, 1.82) is 0 Å². The van der Waals surface area contributed by atoms with Crippen LogP contribution in [-0.2, 0) is 65.4 Å². The third kappa shape index (κ3) is 66.5. The Kier molecular flexibility index (Phi) is 64.0. The minimum atomic E-state index is -4.95. The fraction of sp³-hybridized carbons (Fsp3) is 0.944. The highest BCUT2D eigenvalue weighted by atomic mass is 31.2. The van der Waals surface area contributed by atoms with Gasteiger partial charge in [-0.15, -0.1) is 0 Å². The average Bonchev–Trinajstić information content (AvgIpc) is 3.73. The molecule has 0 radical (unpaired) electrons. The van der Waals surface area contributed by atoms with Crippen LogP contribution in [0.2, 0.25) is 0 Å². The van der Waals surface area contributed by atoms with Gasteiger partial charge in [-0.25, -0.2) is 9.13 Å². The van der Waals surface area contributed by atoms with Crippen LogP contribution in [0.1, 0.15) is 375 Å². The van der Waals surface area contributed by atoms with Gasteiger partial charge in [-0.05, 0) is 31.6 Å². The van der Waals surface area contributed by atoms with Crippen molar-refractivity contribution in [3.63, 3.8) is 0 Å². The molecule has 91 heavy (non-hydrogen) atoms. The quantitative estimate of drug-likeness (QED) is 0.0222. The molecule has 19 heteroatoms. The number of aliphatic hydroxyl groups is 1. The number of unbranched alkanes of at least 4 members (excludes halogenated alkanes) is 44. The van der Waals surface area contributed by atoms with Crippen LogP contribution in [0.5, 0.6) is 0 Å². The van der Waals surface area contributed by atoms with Gasteiger partial charge in [0.25, 0.3) is 0 Å². The molecule has 0 fully saturated rings. The van der Waals surface area contributed by atoms with E-state index in [1.807, 2.05) is 0 Å². The Morgan fingerprint density at radius 3 is 0.747 bits per heavy atom. The average molecular weight is 1340 g/mol. The maximum Gasteiger partial charge on any atom is 0.472 e. The Balaban J connectivity index is 5.20. The van der Waals surface area contributed by atoms with Gasteiger partial charge in [0.2, 0.25) is 0 Å². The zero-order valence-corrected chi connectivity index (χ0v) is 60.8. The molecule has 0 aliphatic rings. The Morgan fingerprint density at radius 1 is 0.297 bits per heavy atom. The zero-order chi connectivity index (χ0) is 67.0. The molecule has 0 aliphatic carbocycles. The van der Waals surface area contributed by atoms with Crippen molar-refractivity contribution < 1.29 is 80.2 Å². The summed E-state index contributed by atoms with van der Waals surface area (Å²) in [5.41, 5.74) is 0. The van der Waals surface area contributed by atoms with E-state index < -0.39 is 97.5 Å². The van der Waals surface area contributed by atoms with E-state index in [1.54, 1.807) is 0 Å². The third-order valence-electron chi connectivity index (χ3n) is 16.8. The van der Waals surface area contributed by atoms with Gasteiger partial charge in [-0.1, -0.05) is 324 Å². The maximum atomic E-state index is 13.0. The van der Waals surface area contributed by atoms with Crippen LogP contribution in [0.15, 0.2) is 0 Å². The molecule has 0 aromatic rings. The molecule has 0 aromatic heterocycles. The topological polar surface area (TPSA) is 237 Å². The lowest BCUT2D eigenvalue weighted by Gasteiger charge is -2.21. The van der Waals surface area contributed by atoms with E-state index in [-0.39, 0.29) is 25.7 Å². The molecule has 0 rings (SSSR count). The number of hydrogen-bond acceptors (Lipinski definition) is 15. The molecule has 0 saturated heterocycles. The normalized spacial score (nSPS) is 14.0. The molecule has 17 nitrogen and oxygen atoms in total. The molecule has 0 spiro atoms. The lowest BCUT2D eigenvalue weighted by Crippen LogP contribution is -2.30. The standard InChI is InChI=1S/C72H140O17P2/c1-6-9-12-15-18-21-23-25-27-28-29-31-33-35-38-41-47-52-57-71(76)88-67(61-83-70(75)56-51-46-40-37-34-32-30-26-24-22-19-16-13-10-7-2)63-86-90(78,79)84-59-66(73)60-85-91(80,81)87-64-68(89-72(77)58-53-48-43-42-44-49-54-65(4)5)62-82-69(74)55-50-45-39-36-20-17-14-11-8-3/h65-68,73H,6-64H2,1-5H3,(H,78,79)(H,80,81)/t66-,67-,68-/m1/s1. The summed E-state index contributed by atoms with van der Waals surface area (Å²) < 4.78 is 68.3. The van der Waals surface area contributed by atoms with Crippen molar-refractivity contribution in [1.82, 2.24) is 0 Å². The van der Waals surface area contributed by atoms with Crippen molar-refractivity contribution in [2.24, 2.45) is 5.92 Å². The second kappa shape index (κ2) is 65.4. The van der Waals surface area contributed by atoms with Gasteiger partial charge < -0.3 is 33.8 Å². The lowest BCUT2D eigenvalue weighted by molar-refractivity contribution is -0.161. The predicted octanol–water partition coefficient (Wildman–Crippen LogP) is 20.9. The largest absolute Gasteiger partial charge is 0.472 e. The van der Waals surface area contributed by atoms with E-state index in [0.29, 0.717) is 31.6 Å². The van der Waals surface area contributed by atoms with E-state index in [4.69, 9.17) is 37.0 Å². The van der Waals surface area contributed by atoms with E-state index in [0.717, 1.165) is 89.9 Å². The molecule has 0 amide bonds. The highest BCUT2D eigenvalue weighted by molar-refractivity contribution is 7.47. The first-order chi connectivity index (χ1) is 44.0. The van der Waals surface area contributed by atoms with Crippen molar-refractivity contribution in [2.75, 3.05) is 39.6 Å². The first kappa shape index (κ1) is 89.1. The molecule has 540 valence electrons. The predicted molar refractivity (Wildman–Crippen MR) is 368 cm³/mol. The van der Waals surface area contributed by atoms with E-state index >= 15 is 0 Å². The molecule has 0 aliphatic heterocycles. The monoisotopic (exact) mass is 1340 g/mol. The first-order valence-corrected chi connectivity index (χ1v) is 40.6. The molecule has 3 N–H and O–H groups in total. The number of phosphoric ester groups is 2. The van der Waals surface area contributed by atoms with E-state index in [9.17, 15) is 43.2 Å². The second-order valence-electron chi connectivity index (χ2n) is 26.5. The van der Waals surface area contributed by atoms with Crippen molar-refractivity contribution in [2.45, 2.75) is 393 Å². The van der Waals surface area contributed by atoms with Gasteiger partial charge in [0.1, 0.15) is 19.3 Å². The van der Waals surface area contributed by atoms with Crippen molar-refractivity contribution in [3.8, 4) is 0 Å². The van der Waals surface area contributed by atoms with Gasteiger partial charge in [0.15, 0.2) is 12.2 Å². The first-order valence-electron chi connectivity index (χ1n) is 37.6. The van der Waals surface area contributed by atoms with Crippen LogP contribution in [0.3, 0.4) is 0 Å². The van der Waals surface area contributed by atoms with Crippen LogP contribution in [0, 0.1) is 5.92 Å². The van der Waals surface area contributed by atoms with Gasteiger partial charge >= 0.3 is 39.5 Å². The summed E-state index contributed by atoms with van der Waals surface area (Å²) in [7, 11) is -9.90. The molecular weight excluding hydrogens is 1200 g/mol. The van der Waals surface area contributed by atoms with Crippen LogP contribution in [-0.4, -0.2) is 96.7 Å². The van der Waals surface area contributed by atoms with Crippen LogP contribution in [0.4, 0.5) is 0 Å². The van der Waals surface area contributed by atoms with Gasteiger partial charge in [-0.2, -0.15) is 0 Å². The summed E-state index contributed by atoms with van der Waals surface area (Å²) >= 11 is 0. The minimum Gasteiger partial charge on any atom is -0.462 e. The fourth-order valence-corrected chi connectivity index (χ4v) is 12.6. The van der Waals surface area contributed by atoms with Crippen LogP contribution < -0.4 is 0 Å². The summed E-state index contributed by atoms with van der Waals surface area (Å²) in [6.07, 6.45) is 52.9.